The molecule has 3 N–H and O–H groups in total. The van der Waals surface area contributed by atoms with Gasteiger partial charge in [0.25, 0.3) is 5.91 Å². The number of amides is 1. The molecule has 1 heterocycles. The van der Waals surface area contributed by atoms with Crippen molar-refractivity contribution >= 4 is 34.4 Å². The molecule has 0 bridgehead atoms. The van der Waals surface area contributed by atoms with Gasteiger partial charge in [0.15, 0.2) is 0 Å². The van der Waals surface area contributed by atoms with Crippen LogP contribution >= 0.6 is 11.6 Å². The van der Waals surface area contributed by atoms with Crippen LogP contribution in [-0.2, 0) is 11.8 Å². The number of aryl methyl sites for hydroxylation is 1. The number of nitrogens with one attached hydrogen (secondary N) is 1. The highest BCUT2D eigenvalue weighted by molar-refractivity contribution is 6.35. The first kappa shape index (κ1) is 21.8. The van der Waals surface area contributed by atoms with Gasteiger partial charge in [0.05, 0.1) is 29.1 Å². The number of hydrogen-bond acceptors (Lipinski definition) is 3. The highest BCUT2D eigenvalue weighted by Crippen LogP contribution is 2.29. The van der Waals surface area contributed by atoms with Gasteiger partial charge in [-0.05, 0) is 35.7 Å². The minimum absolute atomic E-state index is 0.0552. The Kier molecular flexibility index (Phi) is 6.43. The number of fused-ring (bicyclic) bond motifs is 1. The molecule has 1 unspecified atom stereocenters. The van der Waals surface area contributed by atoms with Crippen LogP contribution in [0.25, 0.3) is 10.9 Å². The number of hydrogen-bond donors (Lipinski definition) is 3. The van der Waals surface area contributed by atoms with Crippen LogP contribution < -0.4 is 5.32 Å². The zero-order chi connectivity index (χ0) is 22.0. The standard InChI is InChI=1S/C22H22ClFN2O4/c1-3-14(22(29)30)12-4-6-13(7-5-12)17(11-27)25-21(28)19-10-15-18(26(19)2)9-8-16(24)20(15)23/h4-10,14,17,27H,3,11H2,1-2H3,(H,25,28)(H,29,30)/t14?,17-/m1/s1. The lowest BCUT2D eigenvalue weighted by Crippen LogP contribution is -2.32. The summed E-state index contributed by atoms with van der Waals surface area (Å²) in [4.78, 5) is 24.2. The maximum absolute atomic E-state index is 13.7. The minimum atomic E-state index is -0.900. The van der Waals surface area contributed by atoms with E-state index in [1.807, 2.05) is 0 Å². The molecule has 0 radical (unpaired) electrons. The molecule has 0 aliphatic rings. The molecule has 0 saturated heterocycles. The predicted molar refractivity (Wildman–Crippen MR) is 112 cm³/mol. The first-order valence-corrected chi connectivity index (χ1v) is 9.84. The minimum Gasteiger partial charge on any atom is -0.481 e. The number of aliphatic carboxylic acids is 1. The van der Waals surface area contributed by atoms with E-state index >= 15 is 0 Å². The van der Waals surface area contributed by atoms with E-state index in [-0.39, 0.29) is 17.3 Å². The normalized spacial score (nSPS) is 13.2. The Hall–Kier alpha value is -2.90. The molecule has 0 spiro atoms. The summed E-state index contributed by atoms with van der Waals surface area (Å²) in [5.41, 5.74) is 2.17. The predicted octanol–water partition coefficient (Wildman–Crippen LogP) is 4.01. The second-order valence-corrected chi connectivity index (χ2v) is 7.44. The van der Waals surface area contributed by atoms with Crippen LogP contribution in [-0.4, -0.2) is 33.3 Å². The fourth-order valence-corrected chi connectivity index (χ4v) is 3.76. The fourth-order valence-electron chi connectivity index (χ4n) is 3.55. The summed E-state index contributed by atoms with van der Waals surface area (Å²) in [6.45, 7) is 1.45. The molecule has 1 aromatic heterocycles. The Morgan fingerprint density at radius 3 is 2.37 bits per heavy atom. The number of carbonyl (C=O) groups is 2. The summed E-state index contributed by atoms with van der Waals surface area (Å²) >= 11 is 6.02. The van der Waals surface area contributed by atoms with Crippen molar-refractivity contribution in [3.63, 3.8) is 0 Å². The third kappa shape index (κ3) is 4.04. The molecule has 8 heteroatoms. The Balaban J connectivity index is 1.85. The van der Waals surface area contributed by atoms with E-state index in [1.165, 1.54) is 12.1 Å². The lowest BCUT2D eigenvalue weighted by atomic mass is 9.94. The number of halogens is 2. The lowest BCUT2D eigenvalue weighted by molar-refractivity contribution is -0.138. The molecule has 0 saturated carbocycles. The van der Waals surface area contributed by atoms with Crippen LogP contribution in [0.15, 0.2) is 42.5 Å². The molecule has 0 aliphatic carbocycles. The van der Waals surface area contributed by atoms with E-state index in [9.17, 15) is 24.2 Å². The van der Waals surface area contributed by atoms with Gasteiger partial charge in [-0.25, -0.2) is 4.39 Å². The summed E-state index contributed by atoms with van der Waals surface area (Å²) in [5.74, 6) is -2.53. The van der Waals surface area contributed by atoms with Crippen LogP contribution in [0.2, 0.25) is 5.02 Å². The molecule has 3 rings (SSSR count). The number of aliphatic hydroxyl groups excluding tert-OH is 1. The molecule has 3 aromatic rings. The number of aliphatic hydroxyl groups is 1. The number of rotatable bonds is 7. The van der Waals surface area contributed by atoms with Gasteiger partial charge in [-0.1, -0.05) is 42.8 Å². The van der Waals surface area contributed by atoms with Gasteiger partial charge in [-0.3, -0.25) is 9.59 Å². The lowest BCUT2D eigenvalue weighted by Gasteiger charge is -2.18. The van der Waals surface area contributed by atoms with Crippen molar-refractivity contribution in [2.75, 3.05) is 6.61 Å². The van der Waals surface area contributed by atoms with Gasteiger partial charge in [0.1, 0.15) is 11.5 Å². The van der Waals surface area contributed by atoms with E-state index in [1.54, 1.807) is 48.9 Å². The van der Waals surface area contributed by atoms with Crippen LogP contribution in [0.4, 0.5) is 4.39 Å². The van der Waals surface area contributed by atoms with Gasteiger partial charge in [0, 0.05) is 12.4 Å². The average Bonchev–Trinajstić information content (AvgIpc) is 3.07. The van der Waals surface area contributed by atoms with Crippen molar-refractivity contribution in [3.8, 4) is 0 Å². The van der Waals surface area contributed by atoms with Gasteiger partial charge in [0.2, 0.25) is 0 Å². The van der Waals surface area contributed by atoms with Crippen molar-refractivity contribution in [2.45, 2.75) is 25.3 Å². The zero-order valence-corrected chi connectivity index (χ0v) is 17.3. The van der Waals surface area contributed by atoms with Crippen LogP contribution in [0.1, 0.15) is 46.9 Å². The van der Waals surface area contributed by atoms with Crippen molar-refractivity contribution in [2.24, 2.45) is 7.05 Å². The SMILES string of the molecule is CCC(C(=O)O)c1ccc([C@@H](CO)NC(=O)c2cc3c(Cl)c(F)ccc3n2C)cc1. The number of carbonyl (C=O) groups excluding carboxylic acids is 1. The summed E-state index contributed by atoms with van der Waals surface area (Å²) < 4.78 is 15.3. The van der Waals surface area contributed by atoms with Crippen molar-refractivity contribution in [3.05, 3.63) is 70.1 Å². The van der Waals surface area contributed by atoms with Crippen LogP contribution in [0.3, 0.4) is 0 Å². The molecule has 30 heavy (non-hydrogen) atoms. The summed E-state index contributed by atoms with van der Waals surface area (Å²) in [6.07, 6.45) is 0.457. The maximum atomic E-state index is 13.7. The van der Waals surface area contributed by atoms with E-state index in [0.717, 1.165) is 0 Å². The molecule has 2 aromatic carbocycles. The first-order valence-electron chi connectivity index (χ1n) is 9.46. The zero-order valence-electron chi connectivity index (χ0n) is 16.5. The number of nitrogens with zero attached hydrogens (tertiary/aromatic N) is 1. The van der Waals surface area contributed by atoms with Crippen molar-refractivity contribution < 1.29 is 24.2 Å². The quantitative estimate of drug-likeness (QED) is 0.526. The van der Waals surface area contributed by atoms with Crippen LogP contribution in [0, 0.1) is 5.82 Å². The smallest absolute Gasteiger partial charge is 0.310 e. The Morgan fingerprint density at radius 1 is 1.17 bits per heavy atom. The van der Waals surface area contributed by atoms with Crippen molar-refractivity contribution in [1.29, 1.82) is 0 Å². The van der Waals surface area contributed by atoms with Crippen LogP contribution in [0.5, 0.6) is 0 Å². The largest absolute Gasteiger partial charge is 0.481 e. The summed E-state index contributed by atoms with van der Waals surface area (Å²) in [5, 5.41) is 22.2. The van der Waals surface area contributed by atoms with Gasteiger partial charge in [-0.15, -0.1) is 0 Å². The van der Waals surface area contributed by atoms with E-state index < -0.39 is 29.7 Å². The van der Waals surface area contributed by atoms with Gasteiger partial charge in [-0.2, -0.15) is 0 Å². The molecule has 158 valence electrons. The molecule has 6 nitrogen and oxygen atoms in total. The monoisotopic (exact) mass is 432 g/mol. The summed E-state index contributed by atoms with van der Waals surface area (Å²) in [7, 11) is 1.67. The Morgan fingerprint density at radius 2 is 1.80 bits per heavy atom. The molecular formula is C22H22ClFN2O4. The van der Waals surface area contributed by atoms with Gasteiger partial charge >= 0.3 is 5.97 Å². The fraction of sp³-hybridized carbons (Fsp3) is 0.273. The highest BCUT2D eigenvalue weighted by Gasteiger charge is 2.22. The molecule has 0 fully saturated rings. The Labute approximate surface area is 177 Å². The third-order valence-corrected chi connectivity index (χ3v) is 5.67. The second-order valence-electron chi connectivity index (χ2n) is 7.06. The highest BCUT2D eigenvalue weighted by atomic mass is 35.5. The molecular weight excluding hydrogens is 411 g/mol. The Bertz CT molecular complexity index is 1090. The average molecular weight is 433 g/mol. The van der Waals surface area contributed by atoms with Gasteiger partial charge < -0.3 is 20.1 Å². The first-order chi connectivity index (χ1) is 14.3. The molecule has 2 atom stereocenters. The molecule has 0 aliphatic heterocycles. The number of carboxylic acid groups (broad SMARTS) is 1. The maximum Gasteiger partial charge on any atom is 0.310 e. The number of carboxylic acids is 1. The third-order valence-electron chi connectivity index (χ3n) is 5.28. The number of benzene rings is 2. The van der Waals surface area contributed by atoms with Crippen molar-refractivity contribution in [1.82, 2.24) is 9.88 Å². The number of aromatic nitrogens is 1. The molecule has 1 amide bonds. The summed E-state index contributed by atoms with van der Waals surface area (Å²) in [6, 6.07) is 10.4. The topological polar surface area (TPSA) is 91.6 Å². The second kappa shape index (κ2) is 8.85. The van der Waals surface area contributed by atoms with E-state index in [2.05, 4.69) is 5.32 Å². The van der Waals surface area contributed by atoms with E-state index in [0.29, 0.717) is 28.5 Å². The van der Waals surface area contributed by atoms with E-state index in [4.69, 9.17) is 11.6 Å².